The maximum absolute atomic E-state index is 10.9. The van der Waals surface area contributed by atoms with Crippen molar-refractivity contribution in [3.8, 4) is 0 Å². The summed E-state index contributed by atoms with van der Waals surface area (Å²) in [5.74, 6) is -0.189. The Bertz CT molecular complexity index is 433. The van der Waals surface area contributed by atoms with E-state index in [1.807, 2.05) is 6.07 Å². The van der Waals surface area contributed by atoms with Gasteiger partial charge in [0.15, 0.2) is 5.69 Å². The van der Waals surface area contributed by atoms with E-state index < -0.39 is 5.97 Å². The van der Waals surface area contributed by atoms with E-state index in [4.69, 9.17) is 5.11 Å². The number of pyridine rings is 1. The predicted octanol–water partition coefficient (Wildman–Crippen LogP) is 2.41. The number of carbonyl (C=O) groups is 1. The normalized spacial score (nSPS) is 24.0. The molecule has 1 unspecified atom stereocenters. The van der Waals surface area contributed by atoms with Crippen molar-refractivity contribution in [1.29, 1.82) is 0 Å². The number of hydrogen-bond donors (Lipinski definition) is 1. The Labute approximate surface area is 101 Å². The maximum Gasteiger partial charge on any atom is 0.354 e. The Kier molecular flexibility index (Phi) is 3.05. The summed E-state index contributed by atoms with van der Waals surface area (Å²) in [6.45, 7) is 6.39. The van der Waals surface area contributed by atoms with Crippen molar-refractivity contribution in [3.05, 3.63) is 23.9 Å². The Hall–Kier alpha value is -1.58. The van der Waals surface area contributed by atoms with Crippen molar-refractivity contribution in [2.45, 2.75) is 26.7 Å². The summed E-state index contributed by atoms with van der Waals surface area (Å²) in [7, 11) is 0. The van der Waals surface area contributed by atoms with Crippen LogP contribution in [-0.2, 0) is 0 Å². The van der Waals surface area contributed by atoms with Crippen LogP contribution in [0.15, 0.2) is 18.2 Å². The van der Waals surface area contributed by atoms with Gasteiger partial charge in [0.2, 0.25) is 0 Å². The average Bonchev–Trinajstić information content (AvgIpc) is 2.73. The maximum atomic E-state index is 10.9. The van der Waals surface area contributed by atoms with E-state index in [9.17, 15) is 4.79 Å². The minimum absolute atomic E-state index is 0.118. The van der Waals surface area contributed by atoms with E-state index in [1.54, 1.807) is 6.07 Å². The van der Waals surface area contributed by atoms with Crippen LogP contribution in [0.25, 0.3) is 0 Å². The zero-order chi connectivity index (χ0) is 12.5. The second-order valence-corrected chi connectivity index (χ2v) is 5.02. The van der Waals surface area contributed by atoms with Crippen LogP contribution in [0.3, 0.4) is 0 Å². The first-order chi connectivity index (χ1) is 8.04. The summed E-state index contributed by atoms with van der Waals surface area (Å²) < 4.78 is 0. The molecule has 0 bridgehead atoms. The highest BCUT2D eigenvalue weighted by molar-refractivity contribution is 5.85. The van der Waals surface area contributed by atoms with Crippen molar-refractivity contribution in [2.24, 2.45) is 5.41 Å². The summed E-state index contributed by atoms with van der Waals surface area (Å²) in [5.41, 5.74) is 0.452. The van der Waals surface area contributed by atoms with Gasteiger partial charge in [-0.05, 0) is 30.4 Å². The third-order valence-electron chi connectivity index (χ3n) is 3.69. The van der Waals surface area contributed by atoms with Crippen LogP contribution >= 0.6 is 0 Å². The molecule has 1 atom stereocenters. The van der Waals surface area contributed by atoms with E-state index in [0.29, 0.717) is 5.41 Å². The number of carboxylic acids is 1. The molecule has 1 aliphatic rings. The van der Waals surface area contributed by atoms with Gasteiger partial charge in [-0.2, -0.15) is 0 Å². The molecular weight excluding hydrogens is 216 g/mol. The van der Waals surface area contributed by atoms with E-state index in [2.05, 4.69) is 23.7 Å². The van der Waals surface area contributed by atoms with Gasteiger partial charge >= 0.3 is 5.97 Å². The number of hydrogen-bond acceptors (Lipinski definition) is 3. The van der Waals surface area contributed by atoms with Crippen LogP contribution < -0.4 is 4.90 Å². The Balaban J connectivity index is 2.19. The van der Waals surface area contributed by atoms with E-state index >= 15 is 0 Å². The van der Waals surface area contributed by atoms with Gasteiger partial charge in [0.25, 0.3) is 0 Å². The number of carboxylic acid groups (broad SMARTS) is 1. The minimum Gasteiger partial charge on any atom is -0.477 e. The number of aromatic nitrogens is 1. The first kappa shape index (κ1) is 11.9. The largest absolute Gasteiger partial charge is 0.477 e. The predicted molar refractivity (Wildman–Crippen MR) is 66.4 cm³/mol. The van der Waals surface area contributed by atoms with Crippen LogP contribution in [0, 0.1) is 5.41 Å². The minimum atomic E-state index is -0.968. The van der Waals surface area contributed by atoms with Gasteiger partial charge in [0.05, 0.1) is 0 Å². The van der Waals surface area contributed by atoms with Gasteiger partial charge in [0, 0.05) is 13.1 Å². The zero-order valence-electron chi connectivity index (χ0n) is 10.3. The highest BCUT2D eigenvalue weighted by atomic mass is 16.4. The van der Waals surface area contributed by atoms with Gasteiger partial charge in [-0.15, -0.1) is 0 Å². The van der Waals surface area contributed by atoms with Crippen LogP contribution in [0.4, 0.5) is 5.82 Å². The molecular formula is C13H18N2O2. The van der Waals surface area contributed by atoms with Gasteiger partial charge in [-0.25, -0.2) is 9.78 Å². The Morgan fingerprint density at radius 1 is 1.59 bits per heavy atom. The molecule has 1 aromatic rings. The van der Waals surface area contributed by atoms with Crippen LogP contribution in [-0.4, -0.2) is 29.1 Å². The monoisotopic (exact) mass is 234 g/mol. The molecule has 1 aliphatic heterocycles. The SMILES string of the molecule is CCC1(C)CCN(c2cccc(C(=O)O)n2)C1. The summed E-state index contributed by atoms with van der Waals surface area (Å²) in [5, 5.41) is 8.92. The van der Waals surface area contributed by atoms with E-state index in [1.165, 1.54) is 6.07 Å². The van der Waals surface area contributed by atoms with Crippen molar-refractivity contribution < 1.29 is 9.90 Å². The second kappa shape index (κ2) is 4.35. The highest BCUT2D eigenvalue weighted by Gasteiger charge is 2.32. The molecule has 2 rings (SSSR count). The van der Waals surface area contributed by atoms with Gasteiger partial charge in [-0.3, -0.25) is 0 Å². The van der Waals surface area contributed by atoms with Gasteiger partial charge in [-0.1, -0.05) is 19.9 Å². The third kappa shape index (κ3) is 2.40. The lowest BCUT2D eigenvalue weighted by Gasteiger charge is -2.23. The lowest BCUT2D eigenvalue weighted by molar-refractivity contribution is 0.0690. The number of aromatic carboxylic acids is 1. The molecule has 2 heterocycles. The molecule has 0 amide bonds. The second-order valence-electron chi connectivity index (χ2n) is 5.02. The molecule has 0 spiro atoms. The molecule has 0 radical (unpaired) electrons. The Morgan fingerprint density at radius 2 is 2.35 bits per heavy atom. The molecule has 92 valence electrons. The van der Waals surface area contributed by atoms with E-state index in [-0.39, 0.29) is 5.69 Å². The molecule has 1 N–H and O–H groups in total. The van der Waals surface area contributed by atoms with E-state index in [0.717, 1.165) is 31.7 Å². The van der Waals surface area contributed by atoms with Gasteiger partial charge in [0.1, 0.15) is 5.82 Å². The summed E-state index contributed by atoms with van der Waals surface area (Å²) >= 11 is 0. The Morgan fingerprint density at radius 3 is 2.94 bits per heavy atom. The average molecular weight is 234 g/mol. The quantitative estimate of drug-likeness (QED) is 0.872. The molecule has 0 saturated carbocycles. The smallest absolute Gasteiger partial charge is 0.354 e. The third-order valence-corrected chi connectivity index (χ3v) is 3.69. The van der Waals surface area contributed by atoms with Crippen molar-refractivity contribution in [2.75, 3.05) is 18.0 Å². The fourth-order valence-electron chi connectivity index (χ4n) is 2.23. The first-order valence-corrected chi connectivity index (χ1v) is 5.99. The molecule has 1 aromatic heterocycles. The van der Waals surface area contributed by atoms with Crippen molar-refractivity contribution in [1.82, 2.24) is 4.98 Å². The molecule has 4 nitrogen and oxygen atoms in total. The van der Waals surface area contributed by atoms with Crippen LogP contribution in [0.2, 0.25) is 0 Å². The highest BCUT2D eigenvalue weighted by Crippen LogP contribution is 2.34. The standard InChI is InChI=1S/C13H18N2O2/c1-3-13(2)7-8-15(9-13)11-6-4-5-10(14-11)12(16)17/h4-6H,3,7-9H2,1-2H3,(H,16,17). The first-order valence-electron chi connectivity index (χ1n) is 5.99. The molecule has 4 heteroatoms. The molecule has 1 saturated heterocycles. The summed E-state index contributed by atoms with van der Waals surface area (Å²) in [4.78, 5) is 17.2. The molecule has 0 aromatic carbocycles. The summed E-state index contributed by atoms with van der Waals surface area (Å²) in [6.07, 6.45) is 2.28. The van der Waals surface area contributed by atoms with Crippen molar-refractivity contribution >= 4 is 11.8 Å². The summed E-state index contributed by atoms with van der Waals surface area (Å²) in [6, 6.07) is 5.17. The van der Waals surface area contributed by atoms with Gasteiger partial charge < -0.3 is 10.0 Å². The lowest BCUT2D eigenvalue weighted by Crippen LogP contribution is -2.25. The van der Waals surface area contributed by atoms with Crippen LogP contribution in [0.1, 0.15) is 37.2 Å². The van der Waals surface area contributed by atoms with Crippen LogP contribution in [0.5, 0.6) is 0 Å². The molecule has 1 fully saturated rings. The van der Waals surface area contributed by atoms with Crippen molar-refractivity contribution in [3.63, 3.8) is 0 Å². The number of nitrogens with zero attached hydrogens (tertiary/aromatic N) is 2. The number of rotatable bonds is 3. The lowest BCUT2D eigenvalue weighted by atomic mass is 9.87. The fourth-order valence-corrected chi connectivity index (χ4v) is 2.23. The zero-order valence-corrected chi connectivity index (χ0v) is 10.3. The molecule has 0 aliphatic carbocycles. The molecule has 17 heavy (non-hydrogen) atoms. The number of anilines is 1. The fraction of sp³-hybridized carbons (Fsp3) is 0.538. The topological polar surface area (TPSA) is 53.4 Å².